The average Bonchev–Trinajstić information content (AvgIpc) is 2.79. The van der Waals surface area contributed by atoms with Crippen molar-refractivity contribution in [2.75, 3.05) is 20.8 Å². The molecule has 0 N–H and O–H groups in total. The number of amides is 3. The highest BCUT2D eigenvalue weighted by atomic mass is 16.5. The molecule has 1 aliphatic rings. The Morgan fingerprint density at radius 2 is 1.62 bits per heavy atom. The van der Waals surface area contributed by atoms with Crippen LogP contribution in [0.1, 0.15) is 33.3 Å². The van der Waals surface area contributed by atoms with Crippen LogP contribution < -0.4 is 9.47 Å². The number of urea groups is 1. The summed E-state index contributed by atoms with van der Waals surface area (Å²) in [7, 11) is 3.16. The van der Waals surface area contributed by atoms with Crippen LogP contribution in [0.3, 0.4) is 0 Å². The van der Waals surface area contributed by atoms with E-state index in [-0.39, 0.29) is 29.9 Å². The molecule has 24 heavy (non-hydrogen) atoms. The molecule has 3 amide bonds. The van der Waals surface area contributed by atoms with Gasteiger partial charge < -0.3 is 14.4 Å². The number of methoxy groups -OCH3 is 2. The van der Waals surface area contributed by atoms with E-state index < -0.39 is 0 Å². The minimum Gasteiger partial charge on any atom is -0.497 e. The maximum absolute atomic E-state index is 12.7. The molecule has 0 spiro atoms. The maximum atomic E-state index is 12.7. The van der Waals surface area contributed by atoms with Crippen molar-refractivity contribution in [3.63, 3.8) is 0 Å². The topological polar surface area (TPSA) is 59.1 Å². The molecule has 132 valence electrons. The van der Waals surface area contributed by atoms with E-state index in [1.165, 1.54) is 4.90 Å². The predicted molar refractivity (Wildman–Crippen MR) is 91.1 cm³/mol. The summed E-state index contributed by atoms with van der Waals surface area (Å²) in [6.45, 7) is 8.41. The summed E-state index contributed by atoms with van der Waals surface area (Å²) in [5.41, 5.74) is 0.693. The molecule has 0 radical (unpaired) electrons. The van der Waals surface area contributed by atoms with Crippen molar-refractivity contribution in [2.45, 2.75) is 40.3 Å². The van der Waals surface area contributed by atoms with E-state index in [0.717, 1.165) is 5.56 Å². The van der Waals surface area contributed by atoms with Crippen molar-refractivity contribution in [3.05, 3.63) is 23.8 Å². The molecule has 0 saturated carbocycles. The number of nitrogens with zero attached hydrogens (tertiary/aromatic N) is 2. The predicted octanol–water partition coefficient (Wildman–Crippen LogP) is 2.90. The van der Waals surface area contributed by atoms with Crippen LogP contribution in [-0.4, -0.2) is 48.5 Å². The fourth-order valence-corrected chi connectivity index (χ4v) is 2.64. The molecule has 0 bridgehead atoms. The molecule has 1 aliphatic heterocycles. The third-order valence-electron chi connectivity index (χ3n) is 4.50. The Kier molecular flexibility index (Phi) is 5.06. The zero-order valence-corrected chi connectivity index (χ0v) is 15.3. The van der Waals surface area contributed by atoms with Crippen LogP contribution >= 0.6 is 0 Å². The molecule has 6 nitrogen and oxygen atoms in total. The Morgan fingerprint density at radius 3 is 2.08 bits per heavy atom. The van der Waals surface area contributed by atoms with Gasteiger partial charge >= 0.3 is 6.03 Å². The number of ether oxygens (including phenoxy) is 2. The average molecular weight is 334 g/mol. The Bertz CT molecular complexity index is 614. The normalized spacial score (nSPS) is 16.6. The third kappa shape index (κ3) is 3.63. The van der Waals surface area contributed by atoms with E-state index in [1.54, 1.807) is 25.2 Å². The monoisotopic (exact) mass is 334 g/mol. The first-order valence-corrected chi connectivity index (χ1v) is 8.00. The molecule has 0 aliphatic carbocycles. The van der Waals surface area contributed by atoms with E-state index in [0.29, 0.717) is 18.0 Å². The number of carbonyl (C=O) groups excluding carboxylic acids is 2. The van der Waals surface area contributed by atoms with Gasteiger partial charge in [-0.25, -0.2) is 4.79 Å². The van der Waals surface area contributed by atoms with Crippen LogP contribution in [0.25, 0.3) is 0 Å². The largest absolute Gasteiger partial charge is 0.497 e. The van der Waals surface area contributed by atoms with Crippen molar-refractivity contribution in [2.24, 2.45) is 5.41 Å². The van der Waals surface area contributed by atoms with Gasteiger partial charge in [0.2, 0.25) is 0 Å². The minimum absolute atomic E-state index is 0.0960. The first-order chi connectivity index (χ1) is 11.2. The molecule has 1 saturated heterocycles. The van der Waals surface area contributed by atoms with Crippen molar-refractivity contribution < 1.29 is 19.1 Å². The zero-order chi connectivity index (χ0) is 18.1. The van der Waals surface area contributed by atoms with E-state index in [1.807, 2.05) is 39.8 Å². The molecule has 0 unspecified atom stereocenters. The second-order valence-corrected chi connectivity index (χ2v) is 7.17. The van der Waals surface area contributed by atoms with Gasteiger partial charge in [-0.05, 0) is 30.0 Å². The van der Waals surface area contributed by atoms with Crippen LogP contribution in [0.2, 0.25) is 0 Å². The van der Waals surface area contributed by atoms with Gasteiger partial charge in [-0.15, -0.1) is 0 Å². The molecule has 1 aromatic carbocycles. The van der Waals surface area contributed by atoms with Gasteiger partial charge in [-0.3, -0.25) is 9.69 Å². The van der Waals surface area contributed by atoms with E-state index in [2.05, 4.69) is 0 Å². The quantitative estimate of drug-likeness (QED) is 0.777. The van der Waals surface area contributed by atoms with Crippen LogP contribution in [0.15, 0.2) is 18.2 Å². The van der Waals surface area contributed by atoms with E-state index in [4.69, 9.17) is 9.47 Å². The molecular formula is C18H26N2O4. The summed E-state index contributed by atoms with van der Waals surface area (Å²) in [5.74, 6) is 1.15. The van der Waals surface area contributed by atoms with Gasteiger partial charge in [0.15, 0.2) is 0 Å². The minimum atomic E-state index is -0.246. The molecule has 1 fully saturated rings. The highest BCUT2D eigenvalue weighted by Gasteiger charge is 2.42. The van der Waals surface area contributed by atoms with Gasteiger partial charge in [0.25, 0.3) is 5.91 Å². The summed E-state index contributed by atoms with van der Waals surface area (Å²) in [4.78, 5) is 27.9. The lowest BCUT2D eigenvalue weighted by atomic mass is 9.87. The lowest BCUT2D eigenvalue weighted by Gasteiger charge is -2.33. The van der Waals surface area contributed by atoms with Crippen LogP contribution in [-0.2, 0) is 11.3 Å². The van der Waals surface area contributed by atoms with Gasteiger partial charge in [0.1, 0.15) is 18.0 Å². The number of imide groups is 1. The fraction of sp³-hybridized carbons (Fsp3) is 0.556. The van der Waals surface area contributed by atoms with E-state index >= 15 is 0 Å². The second-order valence-electron chi connectivity index (χ2n) is 7.17. The smallest absolute Gasteiger partial charge is 0.327 e. The lowest BCUT2D eigenvalue weighted by molar-refractivity contribution is -0.128. The van der Waals surface area contributed by atoms with Gasteiger partial charge in [0.05, 0.1) is 14.2 Å². The first-order valence-electron chi connectivity index (χ1n) is 8.00. The Balaban J connectivity index is 2.20. The van der Waals surface area contributed by atoms with Crippen molar-refractivity contribution in [1.29, 1.82) is 0 Å². The maximum Gasteiger partial charge on any atom is 0.327 e. The molecule has 1 aromatic rings. The van der Waals surface area contributed by atoms with Crippen molar-refractivity contribution in [3.8, 4) is 11.5 Å². The fourth-order valence-electron chi connectivity index (χ4n) is 2.64. The summed E-state index contributed by atoms with van der Waals surface area (Å²) >= 11 is 0. The number of rotatable bonds is 5. The first kappa shape index (κ1) is 18.1. The lowest BCUT2D eigenvalue weighted by Crippen LogP contribution is -2.46. The van der Waals surface area contributed by atoms with Gasteiger partial charge in [0, 0.05) is 18.7 Å². The highest BCUT2D eigenvalue weighted by Crippen LogP contribution is 2.29. The third-order valence-corrected chi connectivity index (χ3v) is 4.50. The molecule has 1 heterocycles. The summed E-state index contributed by atoms with van der Waals surface area (Å²) in [5, 5.41) is 0. The summed E-state index contributed by atoms with van der Waals surface area (Å²) in [6, 6.07) is 5.05. The number of hydrogen-bond donors (Lipinski definition) is 0. The number of hydrogen-bond acceptors (Lipinski definition) is 4. The van der Waals surface area contributed by atoms with Crippen molar-refractivity contribution in [1.82, 2.24) is 9.80 Å². The van der Waals surface area contributed by atoms with Crippen LogP contribution in [0, 0.1) is 5.41 Å². The van der Waals surface area contributed by atoms with Gasteiger partial charge in [-0.1, -0.05) is 20.8 Å². The Hall–Kier alpha value is -2.24. The highest BCUT2D eigenvalue weighted by molar-refractivity contribution is 6.02. The molecular weight excluding hydrogens is 308 g/mol. The molecule has 0 aromatic heterocycles. The van der Waals surface area contributed by atoms with Crippen LogP contribution in [0.5, 0.6) is 11.5 Å². The van der Waals surface area contributed by atoms with E-state index in [9.17, 15) is 9.59 Å². The summed E-state index contributed by atoms with van der Waals surface area (Å²) in [6.07, 6.45) is 0. The molecule has 6 heteroatoms. The van der Waals surface area contributed by atoms with Gasteiger partial charge in [-0.2, -0.15) is 0 Å². The zero-order valence-electron chi connectivity index (χ0n) is 15.3. The molecule has 2 rings (SSSR count). The standard InChI is InChI=1S/C18H26N2O4/c1-12(18(2,3)4)20-16(21)11-19(17(20)22)10-13-7-14(23-5)9-15(8-13)24-6/h7-9,12H,10-11H2,1-6H3/t12-/m0/s1. The number of benzene rings is 1. The Morgan fingerprint density at radius 1 is 1.08 bits per heavy atom. The SMILES string of the molecule is COc1cc(CN2CC(=O)N([C@@H](C)C(C)(C)C)C2=O)cc(OC)c1. The van der Waals surface area contributed by atoms with Crippen molar-refractivity contribution >= 4 is 11.9 Å². The Labute approximate surface area is 143 Å². The number of carbonyl (C=O) groups is 2. The van der Waals surface area contributed by atoms with Crippen LogP contribution in [0.4, 0.5) is 4.79 Å². The summed E-state index contributed by atoms with van der Waals surface area (Å²) < 4.78 is 10.5. The molecule has 1 atom stereocenters. The second kappa shape index (κ2) is 6.71.